The van der Waals surface area contributed by atoms with Crippen molar-refractivity contribution in [3.8, 4) is 11.1 Å². The van der Waals surface area contributed by atoms with Crippen LogP contribution in [0.2, 0.25) is 0 Å². The van der Waals surface area contributed by atoms with Crippen LogP contribution in [0, 0.1) is 15.9 Å². The van der Waals surface area contributed by atoms with E-state index in [0.717, 1.165) is 17.3 Å². The Kier molecular flexibility index (Phi) is 6.05. The Hall–Kier alpha value is -3.86. The van der Waals surface area contributed by atoms with Gasteiger partial charge >= 0.3 is 11.8 Å². The average molecular weight is 454 g/mol. The van der Waals surface area contributed by atoms with E-state index in [1.54, 1.807) is 24.8 Å². The van der Waals surface area contributed by atoms with Crippen molar-refractivity contribution in [1.82, 2.24) is 20.1 Å². The van der Waals surface area contributed by atoms with E-state index < -0.39 is 22.8 Å². The molecule has 172 valence electrons. The summed E-state index contributed by atoms with van der Waals surface area (Å²) in [7, 11) is 3.60. The molecule has 0 saturated carbocycles. The number of pyridine rings is 1. The van der Waals surface area contributed by atoms with Gasteiger partial charge in [0.25, 0.3) is 0 Å². The summed E-state index contributed by atoms with van der Waals surface area (Å²) in [5.74, 6) is -2.20. The minimum absolute atomic E-state index is 0.162. The van der Waals surface area contributed by atoms with Gasteiger partial charge in [-0.2, -0.15) is 5.10 Å². The van der Waals surface area contributed by atoms with E-state index >= 15 is 0 Å². The lowest BCUT2D eigenvalue weighted by atomic mass is 10.0. The van der Waals surface area contributed by atoms with Crippen LogP contribution in [-0.2, 0) is 13.6 Å². The lowest BCUT2D eigenvalue weighted by Crippen LogP contribution is -2.24. The summed E-state index contributed by atoms with van der Waals surface area (Å²) in [5.41, 5.74) is 2.85. The van der Waals surface area contributed by atoms with Crippen LogP contribution >= 0.6 is 0 Å². The van der Waals surface area contributed by atoms with Gasteiger partial charge in [-0.25, -0.2) is 9.18 Å². The Morgan fingerprint density at radius 3 is 2.85 bits per heavy atom. The standard InChI is InChI=1S/C22H23FN6O4/c1-24-11-18-17(12-27(2)26-18)15-9-20(21(25-10-15)29(32)33)28-5-3-4-19(28)13-6-14(22(30)31)8-16(23)7-13/h6-10,12,19,24H,3-5,11H2,1-2H3,(H,30,31)/t19-/m1/s1. The fraction of sp³-hybridized carbons (Fsp3) is 0.318. The van der Waals surface area contributed by atoms with E-state index in [1.807, 2.05) is 11.1 Å². The number of nitrogens with zero attached hydrogens (tertiary/aromatic N) is 5. The summed E-state index contributed by atoms with van der Waals surface area (Å²) in [6, 6.07) is 4.95. The summed E-state index contributed by atoms with van der Waals surface area (Å²) < 4.78 is 15.8. The number of anilines is 1. The number of halogens is 1. The average Bonchev–Trinajstić information content (AvgIpc) is 3.40. The van der Waals surface area contributed by atoms with E-state index in [2.05, 4.69) is 15.4 Å². The second-order valence-corrected chi connectivity index (χ2v) is 7.95. The first-order valence-electron chi connectivity index (χ1n) is 10.4. The molecule has 0 radical (unpaired) electrons. The molecule has 1 aliphatic rings. The highest BCUT2D eigenvalue weighted by atomic mass is 19.1. The molecular formula is C22H23FN6O4. The fourth-order valence-corrected chi connectivity index (χ4v) is 4.35. The molecule has 1 aliphatic heterocycles. The fourth-order valence-electron chi connectivity index (χ4n) is 4.35. The number of carboxylic acid groups (broad SMARTS) is 1. The van der Waals surface area contributed by atoms with Crippen LogP contribution in [0.3, 0.4) is 0 Å². The normalized spacial score (nSPS) is 15.7. The number of aromatic carboxylic acids is 1. The van der Waals surface area contributed by atoms with Crippen LogP contribution in [0.4, 0.5) is 15.9 Å². The third-order valence-corrected chi connectivity index (χ3v) is 5.69. The van der Waals surface area contributed by atoms with E-state index in [4.69, 9.17) is 0 Å². The highest BCUT2D eigenvalue weighted by Gasteiger charge is 2.33. The van der Waals surface area contributed by atoms with E-state index in [9.17, 15) is 24.4 Å². The quantitative estimate of drug-likeness (QED) is 0.411. The minimum atomic E-state index is -1.23. The van der Waals surface area contributed by atoms with Gasteiger partial charge in [0.2, 0.25) is 0 Å². The summed E-state index contributed by atoms with van der Waals surface area (Å²) >= 11 is 0. The lowest BCUT2D eigenvalue weighted by molar-refractivity contribution is -0.388. The van der Waals surface area contributed by atoms with Crippen LogP contribution in [0.5, 0.6) is 0 Å². The SMILES string of the molecule is CNCc1nn(C)cc1-c1cnc([N+](=O)[O-])c(N2CCC[C@@H]2c2cc(F)cc(C(=O)O)c2)c1. The number of hydrogen-bond acceptors (Lipinski definition) is 7. The molecule has 3 aromatic rings. The molecule has 10 nitrogen and oxygen atoms in total. The number of aryl methyl sites for hydroxylation is 1. The monoisotopic (exact) mass is 454 g/mol. The van der Waals surface area contributed by atoms with Gasteiger partial charge in [0.15, 0.2) is 0 Å². The molecule has 0 bridgehead atoms. The van der Waals surface area contributed by atoms with Crippen LogP contribution in [0.25, 0.3) is 11.1 Å². The zero-order valence-corrected chi connectivity index (χ0v) is 18.2. The Bertz CT molecular complexity index is 1230. The predicted molar refractivity (Wildman–Crippen MR) is 119 cm³/mol. The third-order valence-electron chi connectivity index (χ3n) is 5.69. The van der Waals surface area contributed by atoms with Crippen molar-refractivity contribution in [2.75, 3.05) is 18.5 Å². The summed E-state index contributed by atoms with van der Waals surface area (Å²) in [6.07, 6.45) is 4.59. The van der Waals surface area contributed by atoms with Crippen molar-refractivity contribution in [2.45, 2.75) is 25.4 Å². The van der Waals surface area contributed by atoms with Gasteiger partial charge in [0.1, 0.15) is 17.7 Å². The molecule has 0 spiro atoms. The largest absolute Gasteiger partial charge is 0.478 e. The van der Waals surface area contributed by atoms with Crippen molar-refractivity contribution >= 4 is 17.5 Å². The Morgan fingerprint density at radius 2 is 2.15 bits per heavy atom. The van der Waals surface area contributed by atoms with Gasteiger partial charge in [-0.1, -0.05) is 0 Å². The first-order chi connectivity index (χ1) is 15.8. The second-order valence-electron chi connectivity index (χ2n) is 7.95. The van der Waals surface area contributed by atoms with Gasteiger partial charge in [-0.3, -0.25) is 4.68 Å². The smallest absolute Gasteiger partial charge is 0.387 e. The first kappa shape index (κ1) is 22.3. The van der Waals surface area contributed by atoms with Crippen molar-refractivity contribution in [3.05, 3.63) is 69.4 Å². The molecule has 1 atom stereocenters. The molecule has 1 aromatic carbocycles. The van der Waals surface area contributed by atoms with Crippen LogP contribution < -0.4 is 10.2 Å². The molecule has 1 fully saturated rings. The summed E-state index contributed by atoms with van der Waals surface area (Å²) in [6.45, 7) is 1.00. The Balaban J connectivity index is 1.81. The summed E-state index contributed by atoms with van der Waals surface area (Å²) in [4.78, 5) is 28.6. The molecule has 2 aromatic heterocycles. The number of aromatic nitrogens is 3. The Morgan fingerprint density at radius 1 is 1.36 bits per heavy atom. The Labute approximate surface area is 188 Å². The van der Waals surface area contributed by atoms with Crippen molar-refractivity contribution in [3.63, 3.8) is 0 Å². The number of nitro groups is 1. The maximum Gasteiger partial charge on any atom is 0.387 e. The predicted octanol–water partition coefficient (Wildman–Crippen LogP) is 3.29. The van der Waals surface area contributed by atoms with Gasteiger partial charge in [0.05, 0.1) is 17.3 Å². The number of benzene rings is 1. The van der Waals surface area contributed by atoms with E-state index in [1.165, 1.54) is 18.3 Å². The van der Waals surface area contributed by atoms with Crippen molar-refractivity contribution < 1.29 is 19.2 Å². The maximum absolute atomic E-state index is 14.2. The maximum atomic E-state index is 14.2. The lowest BCUT2D eigenvalue weighted by Gasteiger charge is -2.27. The summed E-state index contributed by atoms with van der Waals surface area (Å²) in [5, 5.41) is 28.6. The second kappa shape index (κ2) is 8.94. The molecule has 0 amide bonds. The van der Waals surface area contributed by atoms with E-state index in [-0.39, 0.29) is 11.4 Å². The molecule has 3 heterocycles. The highest BCUT2D eigenvalue weighted by molar-refractivity contribution is 5.88. The number of carbonyl (C=O) groups is 1. The number of nitrogens with one attached hydrogen (secondary N) is 1. The van der Waals surface area contributed by atoms with Crippen LogP contribution in [0.1, 0.15) is 40.5 Å². The number of hydrogen-bond donors (Lipinski definition) is 2. The topological polar surface area (TPSA) is 126 Å². The van der Waals surface area contributed by atoms with Crippen LogP contribution in [-0.4, -0.2) is 44.4 Å². The minimum Gasteiger partial charge on any atom is -0.478 e. The van der Waals surface area contributed by atoms with Crippen molar-refractivity contribution in [2.24, 2.45) is 7.05 Å². The highest BCUT2D eigenvalue weighted by Crippen LogP contribution is 2.41. The molecule has 0 unspecified atom stereocenters. The van der Waals surface area contributed by atoms with Gasteiger partial charge < -0.3 is 25.4 Å². The van der Waals surface area contributed by atoms with Crippen molar-refractivity contribution in [1.29, 1.82) is 0 Å². The zero-order chi connectivity index (χ0) is 23.7. The number of carboxylic acids is 1. The third kappa shape index (κ3) is 4.40. The molecule has 0 aliphatic carbocycles. The molecule has 4 rings (SSSR count). The molecule has 11 heteroatoms. The van der Waals surface area contributed by atoms with E-state index in [0.29, 0.717) is 42.7 Å². The molecule has 33 heavy (non-hydrogen) atoms. The first-order valence-corrected chi connectivity index (χ1v) is 10.4. The van der Waals surface area contributed by atoms with Crippen LogP contribution in [0.15, 0.2) is 36.7 Å². The zero-order valence-electron chi connectivity index (χ0n) is 18.2. The molecule has 1 saturated heterocycles. The van der Waals surface area contributed by atoms with Gasteiger partial charge in [-0.15, -0.1) is 0 Å². The molecule has 2 N–H and O–H groups in total. The van der Waals surface area contributed by atoms with Gasteiger partial charge in [-0.05, 0) is 59.6 Å². The van der Waals surface area contributed by atoms with Gasteiger partial charge in [0, 0.05) is 37.5 Å². The molecular weight excluding hydrogens is 431 g/mol. The number of rotatable bonds is 7.